The van der Waals surface area contributed by atoms with Crippen LogP contribution in [-0.4, -0.2) is 33.5 Å². The van der Waals surface area contributed by atoms with E-state index in [2.05, 4.69) is 4.98 Å². The standard InChI is InChI=1S/C12H17NO4S/c1-3-17-11(15)7-18-6-9-4-13-8(2)12(16)10(9)5-14/h4,14,16H,3,5-7H2,1-2H3. The van der Waals surface area contributed by atoms with Crippen molar-refractivity contribution in [3.63, 3.8) is 0 Å². The van der Waals surface area contributed by atoms with Gasteiger partial charge in [0, 0.05) is 17.5 Å². The highest BCUT2D eigenvalue weighted by molar-refractivity contribution is 7.99. The molecule has 1 aromatic heterocycles. The number of hydrogen-bond acceptors (Lipinski definition) is 6. The summed E-state index contributed by atoms with van der Waals surface area (Å²) in [7, 11) is 0. The third-order valence-electron chi connectivity index (χ3n) is 2.37. The fourth-order valence-electron chi connectivity index (χ4n) is 1.43. The normalized spacial score (nSPS) is 10.4. The van der Waals surface area contributed by atoms with E-state index in [9.17, 15) is 15.0 Å². The van der Waals surface area contributed by atoms with Crippen LogP contribution in [0.15, 0.2) is 6.20 Å². The lowest BCUT2D eigenvalue weighted by molar-refractivity contribution is -0.139. The predicted octanol–water partition coefficient (Wildman–Crippen LogP) is 1.38. The van der Waals surface area contributed by atoms with Gasteiger partial charge in [0.15, 0.2) is 0 Å². The lowest BCUT2D eigenvalue weighted by Crippen LogP contribution is -2.07. The summed E-state index contributed by atoms with van der Waals surface area (Å²) in [6.07, 6.45) is 1.61. The summed E-state index contributed by atoms with van der Waals surface area (Å²) in [6.45, 7) is 3.55. The molecule has 0 aromatic carbocycles. The molecule has 1 rings (SSSR count). The maximum absolute atomic E-state index is 11.2. The molecule has 1 aromatic rings. The van der Waals surface area contributed by atoms with Gasteiger partial charge in [0.1, 0.15) is 5.75 Å². The minimum absolute atomic E-state index is 0.0201. The van der Waals surface area contributed by atoms with E-state index >= 15 is 0 Å². The molecule has 0 spiro atoms. The predicted molar refractivity (Wildman–Crippen MR) is 69.4 cm³/mol. The zero-order valence-corrected chi connectivity index (χ0v) is 11.3. The van der Waals surface area contributed by atoms with Gasteiger partial charge in [-0.1, -0.05) is 0 Å². The van der Waals surface area contributed by atoms with Crippen molar-refractivity contribution < 1.29 is 19.7 Å². The Hall–Kier alpha value is -1.27. The van der Waals surface area contributed by atoms with E-state index in [0.29, 0.717) is 23.6 Å². The molecule has 18 heavy (non-hydrogen) atoms. The number of thioether (sulfide) groups is 1. The molecule has 6 heteroatoms. The molecule has 0 fully saturated rings. The van der Waals surface area contributed by atoms with Gasteiger partial charge in [-0.2, -0.15) is 0 Å². The number of ether oxygens (including phenoxy) is 1. The van der Waals surface area contributed by atoms with Gasteiger partial charge < -0.3 is 14.9 Å². The Morgan fingerprint density at radius 1 is 1.56 bits per heavy atom. The number of carbonyl (C=O) groups excluding carboxylic acids is 1. The van der Waals surface area contributed by atoms with Crippen molar-refractivity contribution in [2.45, 2.75) is 26.2 Å². The number of aliphatic hydroxyl groups is 1. The van der Waals surface area contributed by atoms with Crippen molar-refractivity contribution in [2.75, 3.05) is 12.4 Å². The number of aliphatic hydroxyl groups excluding tert-OH is 1. The van der Waals surface area contributed by atoms with Gasteiger partial charge in [-0.15, -0.1) is 11.8 Å². The van der Waals surface area contributed by atoms with Crippen LogP contribution in [0, 0.1) is 6.92 Å². The number of carbonyl (C=O) groups is 1. The molecule has 100 valence electrons. The smallest absolute Gasteiger partial charge is 0.315 e. The Kier molecular flexibility index (Phi) is 5.94. The lowest BCUT2D eigenvalue weighted by atomic mass is 10.1. The Labute approximate surface area is 110 Å². The summed E-state index contributed by atoms with van der Waals surface area (Å²) < 4.78 is 4.81. The molecule has 5 nitrogen and oxygen atoms in total. The number of nitrogens with zero attached hydrogens (tertiary/aromatic N) is 1. The number of aromatic nitrogens is 1. The first kappa shape index (κ1) is 14.8. The molecule has 0 radical (unpaired) electrons. The van der Waals surface area contributed by atoms with Gasteiger partial charge in [-0.25, -0.2) is 0 Å². The number of esters is 1. The third-order valence-corrected chi connectivity index (χ3v) is 3.33. The molecule has 2 N–H and O–H groups in total. The molecule has 0 unspecified atom stereocenters. The van der Waals surface area contributed by atoms with Crippen LogP contribution < -0.4 is 0 Å². The van der Waals surface area contributed by atoms with E-state index in [1.165, 1.54) is 11.8 Å². The van der Waals surface area contributed by atoms with E-state index in [1.54, 1.807) is 20.0 Å². The van der Waals surface area contributed by atoms with Crippen molar-refractivity contribution in [3.8, 4) is 5.75 Å². The van der Waals surface area contributed by atoms with Crippen molar-refractivity contribution >= 4 is 17.7 Å². The van der Waals surface area contributed by atoms with E-state index in [-0.39, 0.29) is 24.1 Å². The molecule has 0 atom stereocenters. The molecule has 0 saturated heterocycles. The van der Waals surface area contributed by atoms with Crippen LogP contribution in [0.2, 0.25) is 0 Å². The average molecular weight is 271 g/mol. The Balaban J connectivity index is 2.62. The van der Waals surface area contributed by atoms with E-state index < -0.39 is 0 Å². The van der Waals surface area contributed by atoms with Crippen molar-refractivity contribution in [1.29, 1.82) is 0 Å². The molecule has 1 heterocycles. The quantitative estimate of drug-likeness (QED) is 0.761. The molecule has 0 bridgehead atoms. The summed E-state index contributed by atoms with van der Waals surface area (Å²) in [5.74, 6) is 0.493. The second-order valence-electron chi connectivity index (χ2n) is 3.65. The first-order valence-corrected chi connectivity index (χ1v) is 6.76. The second-order valence-corrected chi connectivity index (χ2v) is 4.64. The minimum atomic E-state index is -0.266. The highest BCUT2D eigenvalue weighted by Gasteiger charge is 2.11. The maximum atomic E-state index is 11.2. The molecular weight excluding hydrogens is 254 g/mol. The van der Waals surface area contributed by atoms with Gasteiger partial charge in [0.25, 0.3) is 0 Å². The minimum Gasteiger partial charge on any atom is -0.506 e. The van der Waals surface area contributed by atoms with Gasteiger partial charge in [-0.3, -0.25) is 9.78 Å². The third kappa shape index (κ3) is 3.89. The molecule has 0 saturated carbocycles. The SMILES string of the molecule is CCOC(=O)CSCc1cnc(C)c(O)c1CO. The molecule has 0 aliphatic carbocycles. The van der Waals surface area contributed by atoms with Crippen molar-refractivity contribution in [3.05, 3.63) is 23.0 Å². The Morgan fingerprint density at radius 2 is 2.28 bits per heavy atom. The summed E-state index contributed by atoms with van der Waals surface area (Å²) in [5, 5.41) is 19.0. The topological polar surface area (TPSA) is 79.7 Å². The van der Waals surface area contributed by atoms with E-state index in [4.69, 9.17) is 4.74 Å². The monoisotopic (exact) mass is 271 g/mol. The molecule has 0 aliphatic heterocycles. The van der Waals surface area contributed by atoms with Crippen LogP contribution in [0.4, 0.5) is 0 Å². The van der Waals surface area contributed by atoms with Crippen LogP contribution in [0.5, 0.6) is 5.75 Å². The fraction of sp³-hybridized carbons (Fsp3) is 0.500. The zero-order chi connectivity index (χ0) is 13.5. The molecule has 0 aliphatic rings. The Morgan fingerprint density at radius 3 is 2.89 bits per heavy atom. The Bertz CT molecular complexity index is 423. The van der Waals surface area contributed by atoms with Crippen LogP contribution in [0.3, 0.4) is 0 Å². The van der Waals surface area contributed by atoms with Crippen LogP contribution >= 0.6 is 11.8 Å². The number of aromatic hydroxyl groups is 1. The van der Waals surface area contributed by atoms with Gasteiger partial charge >= 0.3 is 5.97 Å². The van der Waals surface area contributed by atoms with Crippen molar-refractivity contribution in [1.82, 2.24) is 4.98 Å². The second kappa shape index (κ2) is 7.23. The summed E-state index contributed by atoms with van der Waals surface area (Å²) in [6, 6.07) is 0. The lowest BCUT2D eigenvalue weighted by Gasteiger charge is -2.10. The average Bonchev–Trinajstić information content (AvgIpc) is 2.34. The largest absolute Gasteiger partial charge is 0.506 e. The van der Waals surface area contributed by atoms with E-state index in [0.717, 1.165) is 5.56 Å². The zero-order valence-electron chi connectivity index (χ0n) is 10.5. The summed E-state index contributed by atoms with van der Waals surface area (Å²) in [4.78, 5) is 15.2. The number of pyridine rings is 1. The van der Waals surface area contributed by atoms with Crippen molar-refractivity contribution in [2.24, 2.45) is 0 Å². The van der Waals surface area contributed by atoms with E-state index in [1.807, 2.05) is 0 Å². The fourth-order valence-corrected chi connectivity index (χ4v) is 2.25. The van der Waals surface area contributed by atoms with Crippen LogP contribution in [-0.2, 0) is 21.9 Å². The van der Waals surface area contributed by atoms with Gasteiger partial charge in [0.05, 0.1) is 24.7 Å². The summed E-state index contributed by atoms with van der Waals surface area (Å²) >= 11 is 1.36. The van der Waals surface area contributed by atoms with Gasteiger partial charge in [-0.05, 0) is 19.4 Å². The number of rotatable bonds is 6. The number of aryl methyl sites for hydroxylation is 1. The highest BCUT2D eigenvalue weighted by atomic mass is 32.2. The van der Waals surface area contributed by atoms with Crippen LogP contribution in [0.1, 0.15) is 23.7 Å². The van der Waals surface area contributed by atoms with Gasteiger partial charge in [0.2, 0.25) is 0 Å². The van der Waals surface area contributed by atoms with Crippen LogP contribution in [0.25, 0.3) is 0 Å². The first-order valence-electron chi connectivity index (χ1n) is 5.60. The maximum Gasteiger partial charge on any atom is 0.315 e. The highest BCUT2D eigenvalue weighted by Crippen LogP contribution is 2.26. The first-order chi connectivity index (χ1) is 8.60. The number of hydrogen-bond donors (Lipinski definition) is 2. The summed E-state index contributed by atoms with van der Waals surface area (Å²) in [5.41, 5.74) is 1.69. The molecular formula is C12H17NO4S. The molecule has 0 amide bonds.